The molecule has 5 heteroatoms. The van der Waals surface area contributed by atoms with Crippen molar-refractivity contribution in [2.75, 3.05) is 20.2 Å². The van der Waals surface area contributed by atoms with Crippen LogP contribution in [-0.2, 0) is 20.9 Å². The van der Waals surface area contributed by atoms with Gasteiger partial charge in [0, 0.05) is 19.0 Å². The van der Waals surface area contributed by atoms with Gasteiger partial charge in [-0.25, -0.2) is 4.79 Å². The fraction of sp³-hybridized carbons (Fsp3) is 0.375. The first-order chi connectivity index (χ1) is 10.2. The van der Waals surface area contributed by atoms with E-state index < -0.39 is 0 Å². The third-order valence-electron chi connectivity index (χ3n) is 3.31. The van der Waals surface area contributed by atoms with Gasteiger partial charge >= 0.3 is 12.1 Å². The van der Waals surface area contributed by atoms with E-state index in [0.717, 1.165) is 5.56 Å². The molecule has 0 radical (unpaired) electrons. The van der Waals surface area contributed by atoms with Crippen LogP contribution in [0, 0.1) is 5.92 Å². The molecule has 0 unspecified atom stereocenters. The van der Waals surface area contributed by atoms with Crippen molar-refractivity contribution < 1.29 is 19.1 Å². The van der Waals surface area contributed by atoms with Gasteiger partial charge in [0.2, 0.25) is 0 Å². The predicted octanol–water partition coefficient (Wildman–Crippen LogP) is 2.37. The van der Waals surface area contributed by atoms with Crippen molar-refractivity contribution >= 4 is 12.1 Å². The van der Waals surface area contributed by atoms with Gasteiger partial charge in [-0.15, -0.1) is 0 Å². The van der Waals surface area contributed by atoms with Crippen LogP contribution in [0.4, 0.5) is 4.79 Å². The minimum Gasteiger partial charge on any atom is -0.469 e. The van der Waals surface area contributed by atoms with Gasteiger partial charge in [0.15, 0.2) is 0 Å². The fourth-order valence-electron chi connectivity index (χ4n) is 2.19. The number of nitrogens with zero attached hydrogens (tertiary/aromatic N) is 1. The monoisotopic (exact) mass is 289 g/mol. The Morgan fingerprint density at radius 3 is 2.76 bits per heavy atom. The predicted molar refractivity (Wildman–Crippen MR) is 77.5 cm³/mol. The Balaban J connectivity index is 1.83. The molecule has 1 aliphatic heterocycles. The molecule has 0 saturated carbocycles. The van der Waals surface area contributed by atoms with E-state index in [1.165, 1.54) is 7.11 Å². The van der Waals surface area contributed by atoms with Crippen LogP contribution in [0.3, 0.4) is 0 Å². The molecule has 5 nitrogen and oxygen atoms in total. The van der Waals surface area contributed by atoms with E-state index in [2.05, 4.69) is 4.74 Å². The summed E-state index contributed by atoms with van der Waals surface area (Å²) < 4.78 is 9.93. The van der Waals surface area contributed by atoms with Gasteiger partial charge in [0.25, 0.3) is 0 Å². The molecule has 0 saturated heterocycles. The average Bonchev–Trinajstić information content (AvgIpc) is 2.53. The Morgan fingerprint density at radius 1 is 1.29 bits per heavy atom. The maximum absolute atomic E-state index is 12.0. The normalized spacial score (nSPS) is 17.4. The van der Waals surface area contributed by atoms with E-state index in [1.807, 2.05) is 42.5 Å². The van der Waals surface area contributed by atoms with E-state index in [4.69, 9.17) is 4.74 Å². The molecule has 0 aliphatic carbocycles. The average molecular weight is 289 g/mol. The molecule has 1 amide bonds. The summed E-state index contributed by atoms with van der Waals surface area (Å²) in [7, 11) is 1.36. The first-order valence-electron chi connectivity index (χ1n) is 6.88. The molecule has 1 aliphatic rings. The zero-order valence-electron chi connectivity index (χ0n) is 12.0. The smallest absolute Gasteiger partial charge is 0.410 e. The van der Waals surface area contributed by atoms with Gasteiger partial charge in [-0.2, -0.15) is 0 Å². The Bertz CT molecular complexity index is 512. The molecule has 1 aromatic rings. The Labute approximate surface area is 124 Å². The van der Waals surface area contributed by atoms with E-state index in [9.17, 15) is 9.59 Å². The van der Waals surface area contributed by atoms with E-state index in [-0.39, 0.29) is 31.0 Å². The fourth-order valence-corrected chi connectivity index (χ4v) is 2.19. The molecule has 112 valence electrons. The summed E-state index contributed by atoms with van der Waals surface area (Å²) >= 11 is 0. The van der Waals surface area contributed by atoms with Crippen LogP contribution >= 0.6 is 0 Å². The van der Waals surface area contributed by atoms with Crippen LogP contribution in [0.15, 0.2) is 42.5 Å². The summed E-state index contributed by atoms with van der Waals surface area (Å²) in [6.07, 6.45) is 3.73. The third kappa shape index (κ3) is 4.63. The van der Waals surface area contributed by atoms with Gasteiger partial charge in [0.1, 0.15) is 6.61 Å². The van der Waals surface area contributed by atoms with Gasteiger partial charge < -0.3 is 14.4 Å². The molecule has 0 spiro atoms. The van der Waals surface area contributed by atoms with Crippen molar-refractivity contribution in [1.82, 2.24) is 4.90 Å². The Morgan fingerprint density at radius 2 is 2.05 bits per heavy atom. The number of ether oxygens (including phenoxy) is 2. The number of methoxy groups -OCH3 is 1. The number of esters is 1. The Kier molecular flexibility index (Phi) is 5.37. The van der Waals surface area contributed by atoms with Crippen LogP contribution < -0.4 is 0 Å². The molecule has 0 fully saturated rings. The summed E-state index contributed by atoms with van der Waals surface area (Å²) in [5.74, 6) is -0.292. The molecule has 1 aromatic carbocycles. The zero-order valence-corrected chi connectivity index (χ0v) is 12.0. The summed E-state index contributed by atoms with van der Waals surface area (Å²) in [5, 5.41) is 0. The minimum absolute atomic E-state index is 0.0181. The second kappa shape index (κ2) is 7.47. The Hall–Kier alpha value is -2.30. The highest BCUT2D eigenvalue weighted by molar-refractivity contribution is 5.71. The van der Waals surface area contributed by atoms with Crippen molar-refractivity contribution in [3.05, 3.63) is 48.0 Å². The zero-order chi connectivity index (χ0) is 15.1. The maximum atomic E-state index is 12.0. The summed E-state index contributed by atoms with van der Waals surface area (Å²) in [4.78, 5) is 24.9. The summed E-state index contributed by atoms with van der Waals surface area (Å²) in [5.41, 5.74) is 0.949. The molecular weight excluding hydrogens is 270 g/mol. The highest BCUT2D eigenvalue weighted by Crippen LogP contribution is 2.15. The standard InChI is InChI=1S/C16H19NO4/c1-20-15(18)10-14-8-5-9-17(11-14)16(19)21-12-13-6-3-2-4-7-13/h2-8,14H,9-12H2,1H3/t14-/m0/s1. The van der Waals surface area contributed by atoms with E-state index >= 15 is 0 Å². The highest BCUT2D eigenvalue weighted by Gasteiger charge is 2.23. The van der Waals surface area contributed by atoms with Gasteiger partial charge in [-0.1, -0.05) is 42.5 Å². The third-order valence-corrected chi connectivity index (χ3v) is 3.31. The molecule has 0 aromatic heterocycles. The van der Waals surface area contributed by atoms with E-state index in [1.54, 1.807) is 4.90 Å². The lowest BCUT2D eigenvalue weighted by Crippen LogP contribution is -2.38. The van der Waals surface area contributed by atoms with Crippen LogP contribution in [0.25, 0.3) is 0 Å². The number of amides is 1. The molecule has 0 N–H and O–H groups in total. The van der Waals surface area contributed by atoms with Crippen LogP contribution in [0.5, 0.6) is 0 Å². The SMILES string of the molecule is COC(=O)C[C@@H]1C=CCN(C(=O)OCc2ccccc2)C1. The molecule has 0 bridgehead atoms. The highest BCUT2D eigenvalue weighted by atomic mass is 16.6. The van der Waals surface area contributed by atoms with Gasteiger partial charge in [0.05, 0.1) is 13.5 Å². The number of hydrogen-bond donors (Lipinski definition) is 0. The summed E-state index contributed by atoms with van der Waals surface area (Å²) in [6.45, 7) is 1.23. The molecule has 1 atom stereocenters. The largest absolute Gasteiger partial charge is 0.469 e. The first-order valence-corrected chi connectivity index (χ1v) is 6.88. The van der Waals surface area contributed by atoms with Crippen molar-refractivity contribution in [2.45, 2.75) is 13.0 Å². The second-order valence-corrected chi connectivity index (χ2v) is 4.91. The second-order valence-electron chi connectivity index (χ2n) is 4.91. The van der Waals surface area contributed by atoms with E-state index in [0.29, 0.717) is 13.1 Å². The van der Waals surface area contributed by atoms with Crippen molar-refractivity contribution in [3.8, 4) is 0 Å². The van der Waals surface area contributed by atoms with Gasteiger partial charge in [-0.3, -0.25) is 4.79 Å². The molecule has 2 rings (SSSR count). The van der Waals surface area contributed by atoms with Crippen LogP contribution in [0.1, 0.15) is 12.0 Å². The van der Waals surface area contributed by atoms with Crippen molar-refractivity contribution in [2.24, 2.45) is 5.92 Å². The lowest BCUT2D eigenvalue weighted by Gasteiger charge is -2.27. The number of benzene rings is 1. The number of carbonyl (C=O) groups is 2. The molecule has 21 heavy (non-hydrogen) atoms. The van der Waals surface area contributed by atoms with Crippen LogP contribution in [-0.4, -0.2) is 37.2 Å². The number of carbonyl (C=O) groups excluding carboxylic acids is 2. The quantitative estimate of drug-likeness (QED) is 0.631. The number of hydrogen-bond acceptors (Lipinski definition) is 4. The lowest BCUT2D eigenvalue weighted by molar-refractivity contribution is -0.141. The maximum Gasteiger partial charge on any atom is 0.410 e. The first kappa shape index (κ1) is 15.1. The van der Waals surface area contributed by atoms with Crippen molar-refractivity contribution in [3.63, 3.8) is 0 Å². The van der Waals surface area contributed by atoms with Crippen molar-refractivity contribution in [1.29, 1.82) is 0 Å². The lowest BCUT2D eigenvalue weighted by atomic mass is 10.0. The van der Waals surface area contributed by atoms with Crippen LogP contribution in [0.2, 0.25) is 0 Å². The molecular formula is C16H19NO4. The summed E-state index contributed by atoms with van der Waals surface area (Å²) in [6, 6.07) is 9.53. The number of rotatable bonds is 4. The molecule has 1 heterocycles. The topological polar surface area (TPSA) is 55.8 Å². The van der Waals surface area contributed by atoms with Gasteiger partial charge in [-0.05, 0) is 5.56 Å². The minimum atomic E-state index is -0.363.